The minimum atomic E-state index is -0.375. The summed E-state index contributed by atoms with van der Waals surface area (Å²) in [7, 11) is 0. The highest BCUT2D eigenvalue weighted by atomic mass is 79.9. The van der Waals surface area contributed by atoms with Crippen LogP contribution in [0.2, 0.25) is 0 Å². The number of thioether (sulfide) groups is 1. The van der Waals surface area contributed by atoms with E-state index in [1.165, 1.54) is 35.2 Å². The summed E-state index contributed by atoms with van der Waals surface area (Å²) >= 11 is 6.27. The van der Waals surface area contributed by atoms with Gasteiger partial charge in [0.05, 0.1) is 11.4 Å². The minimum Gasteiger partial charge on any atom is -0.325 e. The molecule has 0 aliphatic rings. The molecule has 0 saturated heterocycles. The van der Waals surface area contributed by atoms with Gasteiger partial charge in [-0.05, 0) is 30.3 Å². The number of hydrogen-bond acceptors (Lipinski definition) is 4. The second-order valence-corrected chi connectivity index (χ2v) is 7.85. The van der Waals surface area contributed by atoms with Crippen molar-refractivity contribution in [2.75, 3.05) is 11.1 Å². The zero-order valence-electron chi connectivity index (χ0n) is 12.3. The van der Waals surface area contributed by atoms with Crippen molar-refractivity contribution in [1.82, 2.24) is 4.98 Å². The summed E-state index contributed by atoms with van der Waals surface area (Å²) < 4.78 is 14.9. The molecule has 0 spiro atoms. The van der Waals surface area contributed by atoms with E-state index < -0.39 is 0 Å². The molecule has 0 fully saturated rings. The Balaban J connectivity index is 1.57. The highest BCUT2D eigenvalue weighted by molar-refractivity contribution is 9.10. The molecule has 0 bridgehead atoms. The molecule has 7 heteroatoms. The number of halogens is 2. The fourth-order valence-electron chi connectivity index (χ4n) is 1.97. The van der Waals surface area contributed by atoms with E-state index in [2.05, 4.69) is 26.2 Å². The maximum atomic E-state index is 13.1. The molecule has 1 aromatic heterocycles. The van der Waals surface area contributed by atoms with Crippen LogP contribution in [0.15, 0.2) is 62.7 Å². The number of nitrogens with one attached hydrogen (secondary N) is 1. The number of thiazole rings is 1. The van der Waals surface area contributed by atoms with Crippen molar-refractivity contribution >= 4 is 50.6 Å². The zero-order valence-corrected chi connectivity index (χ0v) is 15.6. The van der Waals surface area contributed by atoms with Gasteiger partial charge in [-0.1, -0.05) is 45.9 Å². The highest BCUT2D eigenvalue weighted by Gasteiger charge is 2.09. The molecular weight excluding hydrogens is 411 g/mol. The maximum Gasteiger partial charge on any atom is 0.234 e. The molecule has 0 radical (unpaired) electrons. The van der Waals surface area contributed by atoms with Gasteiger partial charge in [0, 0.05) is 21.1 Å². The van der Waals surface area contributed by atoms with Crippen molar-refractivity contribution in [2.45, 2.75) is 4.34 Å². The van der Waals surface area contributed by atoms with E-state index in [0.717, 1.165) is 20.1 Å². The highest BCUT2D eigenvalue weighted by Crippen LogP contribution is 2.29. The quantitative estimate of drug-likeness (QED) is 0.556. The topological polar surface area (TPSA) is 42.0 Å². The first kappa shape index (κ1) is 17.1. The molecule has 3 rings (SSSR count). The number of amides is 1. The Hall–Kier alpha value is -1.70. The molecule has 0 atom stereocenters. The van der Waals surface area contributed by atoms with Gasteiger partial charge in [0.1, 0.15) is 5.82 Å². The van der Waals surface area contributed by atoms with Crippen LogP contribution in [0.25, 0.3) is 11.3 Å². The van der Waals surface area contributed by atoms with Crippen LogP contribution in [-0.2, 0) is 4.79 Å². The number of rotatable bonds is 5. The van der Waals surface area contributed by atoms with E-state index in [9.17, 15) is 9.18 Å². The first-order chi connectivity index (χ1) is 11.6. The van der Waals surface area contributed by atoms with Crippen LogP contribution in [0.4, 0.5) is 10.1 Å². The lowest BCUT2D eigenvalue weighted by Crippen LogP contribution is -2.13. The molecule has 3 aromatic rings. The van der Waals surface area contributed by atoms with Gasteiger partial charge in [-0.2, -0.15) is 0 Å². The second-order valence-electron chi connectivity index (χ2n) is 4.85. The van der Waals surface area contributed by atoms with Crippen molar-refractivity contribution in [1.29, 1.82) is 0 Å². The smallest absolute Gasteiger partial charge is 0.234 e. The Bertz CT molecular complexity index is 852. The van der Waals surface area contributed by atoms with Crippen molar-refractivity contribution in [3.63, 3.8) is 0 Å². The summed E-state index contributed by atoms with van der Waals surface area (Å²) in [4.78, 5) is 16.5. The van der Waals surface area contributed by atoms with E-state index in [4.69, 9.17) is 0 Å². The average molecular weight is 423 g/mol. The molecule has 122 valence electrons. The standard InChI is InChI=1S/C17H12BrFN2OS2/c18-12-6-4-11(5-7-12)15-9-23-17(21-15)24-10-16(22)20-14-3-1-2-13(19)8-14/h1-9H,10H2,(H,20,22). The summed E-state index contributed by atoms with van der Waals surface area (Å²) in [5, 5.41) is 4.64. The van der Waals surface area contributed by atoms with Gasteiger partial charge in [0.25, 0.3) is 0 Å². The molecule has 1 amide bonds. The zero-order chi connectivity index (χ0) is 16.9. The van der Waals surface area contributed by atoms with Crippen LogP contribution in [-0.4, -0.2) is 16.6 Å². The molecule has 3 nitrogen and oxygen atoms in total. The summed E-state index contributed by atoms with van der Waals surface area (Å²) in [6.07, 6.45) is 0. The number of aromatic nitrogens is 1. The Kier molecular flexibility index (Phi) is 5.65. The number of nitrogens with zero attached hydrogens (tertiary/aromatic N) is 1. The van der Waals surface area contributed by atoms with Gasteiger partial charge in [-0.3, -0.25) is 4.79 Å². The first-order valence-electron chi connectivity index (χ1n) is 7.00. The van der Waals surface area contributed by atoms with Crippen molar-refractivity contribution in [2.24, 2.45) is 0 Å². The second kappa shape index (κ2) is 7.92. The first-order valence-corrected chi connectivity index (χ1v) is 9.66. The van der Waals surface area contributed by atoms with Crippen LogP contribution < -0.4 is 5.32 Å². The van der Waals surface area contributed by atoms with E-state index in [0.29, 0.717) is 5.69 Å². The predicted octanol–water partition coefficient (Wildman–Crippen LogP) is 5.44. The molecule has 1 N–H and O–H groups in total. The van der Waals surface area contributed by atoms with Gasteiger partial charge >= 0.3 is 0 Å². The molecule has 0 aliphatic heterocycles. The van der Waals surface area contributed by atoms with Crippen molar-refractivity contribution in [3.05, 3.63) is 64.2 Å². The fourth-order valence-corrected chi connectivity index (χ4v) is 3.87. The van der Waals surface area contributed by atoms with E-state index in [-0.39, 0.29) is 17.5 Å². The Morgan fingerprint density at radius 3 is 2.79 bits per heavy atom. The Morgan fingerprint density at radius 1 is 1.25 bits per heavy atom. The molecule has 0 unspecified atom stereocenters. The van der Waals surface area contributed by atoms with E-state index >= 15 is 0 Å². The average Bonchev–Trinajstić information content (AvgIpc) is 3.03. The van der Waals surface area contributed by atoms with Crippen LogP contribution >= 0.6 is 39.0 Å². The number of hydrogen-bond donors (Lipinski definition) is 1. The third-order valence-electron chi connectivity index (χ3n) is 3.06. The number of carbonyl (C=O) groups excluding carboxylic acids is 1. The molecule has 0 aliphatic carbocycles. The minimum absolute atomic E-state index is 0.189. The van der Waals surface area contributed by atoms with E-state index in [1.807, 2.05) is 29.6 Å². The summed E-state index contributed by atoms with van der Waals surface area (Å²) in [5.41, 5.74) is 2.38. The van der Waals surface area contributed by atoms with Gasteiger partial charge in [-0.25, -0.2) is 9.37 Å². The lowest BCUT2D eigenvalue weighted by atomic mass is 10.2. The SMILES string of the molecule is O=C(CSc1nc(-c2ccc(Br)cc2)cs1)Nc1cccc(F)c1. The summed E-state index contributed by atoms with van der Waals surface area (Å²) in [6, 6.07) is 13.8. The monoisotopic (exact) mass is 422 g/mol. The van der Waals surface area contributed by atoms with E-state index in [1.54, 1.807) is 12.1 Å². The molecular formula is C17H12BrFN2OS2. The maximum absolute atomic E-state index is 13.1. The van der Waals surface area contributed by atoms with Gasteiger partial charge < -0.3 is 5.32 Å². The molecule has 1 heterocycles. The van der Waals surface area contributed by atoms with Crippen molar-refractivity contribution < 1.29 is 9.18 Å². The van der Waals surface area contributed by atoms with Gasteiger partial charge in [0.15, 0.2) is 4.34 Å². The predicted molar refractivity (Wildman–Crippen MR) is 101 cm³/mol. The Labute approximate surface area is 155 Å². The lowest BCUT2D eigenvalue weighted by molar-refractivity contribution is -0.113. The molecule has 0 saturated carbocycles. The number of anilines is 1. The van der Waals surface area contributed by atoms with Crippen LogP contribution in [0, 0.1) is 5.82 Å². The summed E-state index contributed by atoms with van der Waals surface area (Å²) in [5.74, 6) is -0.338. The van der Waals surface area contributed by atoms with Crippen LogP contribution in [0.1, 0.15) is 0 Å². The Morgan fingerprint density at radius 2 is 2.04 bits per heavy atom. The third kappa shape index (κ3) is 4.66. The fraction of sp³-hybridized carbons (Fsp3) is 0.0588. The van der Waals surface area contributed by atoms with Crippen LogP contribution in [0.3, 0.4) is 0 Å². The number of carbonyl (C=O) groups is 1. The third-order valence-corrected chi connectivity index (χ3v) is 5.61. The largest absolute Gasteiger partial charge is 0.325 e. The van der Waals surface area contributed by atoms with Crippen molar-refractivity contribution in [3.8, 4) is 11.3 Å². The lowest BCUT2D eigenvalue weighted by Gasteiger charge is -2.04. The van der Waals surface area contributed by atoms with Gasteiger partial charge in [-0.15, -0.1) is 11.3 Å². The summed E-state index contributed by atoms with van der Waals surface area (Å²) in [6.45, 7) is 0. The normalized spacial score (nSPS) is 10.6. The van der Waals surface area contributed by atoms with Gasteiger partial charge in [0.2, 0.25) is 5.91 Å². The van der Waals surface area contributed by atoms with Crippen LogP contribution in [0.5, 0.6) is 0 Å². The number of benzene rings is 2. The molecule has 24 heavy (non-hydrogen) atoms. The molecule has 2 aromatic carbocycles.